The van der Waals surface area contributed by atoms with Crippen molar-refractivity contribution in [2.24, 2.45) is 0 Å². The van der Waals surface area contributed by atoms with Gasteiger partial charge in [-0.1, -0.05) is 0 Å². The number of hydrogen-bond donors (Lipinski definition) is 3. The average molecular weight is 279 g/mol. The third-order valence-electron chi connectivity index (χ3n) is 2.74. The van der Waals surface area contributed by atoms with Gasteiger partial charge in [-0.25, -0.2) is 0 Å². The molecule has 0 aliphatic rings. The summed E-state index contributed by atoms with van der Waals surface area (Å²) in [6.07, 6.45) is 0.351. The van der Waals surface area contributed by atoms with Crippen molar-refractivity contribution < 1.29 is 14.3 Å². The monoisotopic (exact) mass is 279 g/mol. The van der Waals surface area contributed by atoms with Gasteiger partial charge < -0.3 is 21.1 Å². The highest BCUT2D eigenvalue weighted by atomic mass is 16.5. The molecule has 0 saturated heterocycles. The Labute approximate surface area is 118 Å². The van der Waals surface area contributed by atoms with Crippen LogP contribution in [0.1, 0.15) is 23.7 Å². The maximum Gasteiger partial charge on any atom is 0.221 e. The van der Waals surface area contributed by atoms with Crippen LogP contribution in [-0.4, -0.2) is 38.5 Å². The lowest BCUT2D eigenvalue weighted by Crippen LogP contribution is -2.28. The molecule has 0 aliphatic carbocycles. The summed E-state index contributed by atoms with van der Waals surface area (Å²) in [7, 11) is 1.58. The number of carbonyl (C=O) groups excluding carboxylic acids is 2. The van der Waals surface area contributed by atoms with Crippen LogP contribution in [0, 0.1) is 0 Å². The summed E-state index contributed by atoms with van der Waals surface area (Å²) in [5, 5.41) is 5.82. The molecule has 0 spiro atoms. The van der Waals surface area contributed by atoms with Crippen molar-refractivity contribution >= 4 is 23.1 Å². The molecule has 1 rings (SSSR count). The van der Waals surface area contributed by atoms with Crippen LogP contribution < -0.4 is 16.4 Å². The minimum atomic E-state index is -0.0801. The van der Waals surface area contributed by atoms with Gasteiger partial charge in [-0.3, -0.25) is 9.59 Å². The summed E-state index contributed by atoms with van der Waals surface area (Å²) in [5.41, 5.74) is 7.43. The van der Waals surface area contributed by atoms with E-state index in [0.29, 0.717) is 37.4 Å². The fourth-order valence-electron chi connectivity index (χ4n) is 1.67. The molecular weight excluding hydrogens is 258 g/mol. The fraction of sp³-hybridized carbons (Fsp3) is 0.429. The van der Waals surface area contributed by atoms with Crippen LogP contribution in [0.5, 0.6) is 0 Å². The maximum absolute atomic E-state index is 11.5. The first kappa shape index (κ1) is 16.0. The second kappa shape index (κ2) is 8.16. The molecule has 0 fully saturated rings. The third kappa shape index (κ3) is 5.27. The van der Waals surface area contributed by atoms with Gasteiger partial charge in [-0.05, 0) is 25.1 Å². The lowest BCUT2D eigenvalue weighted by Gasteiger charge is -2.09. The number of Topliss-reactive ketones (excluding diaryl/α,β-unsaturated/α-hetero) is 1. The number of rotatable bonds is 8. The van der Waals surface area contributed by atoms with E-state index in [1.165, 1.54) is 6.92 Å². The van der Waals surface area contributed by atoms with Crippen LogP contribution >= 0.6 is 0 Å². The standard InChI is InChI=1S/C14H21N3O3/c1-10(18)12-9-11(3-4-13(12)15)16-6-5-14(19)17-7-8-20-2/h3-4,9,16H,5-8,15H2,1-2H3,(H,17,19). The summed E-state index contributed by atoms with van der Waals surface area (Å²) in [4.78, 5) is 22.8. The Kier molecular flexibility index (Phi) is 6.52. The molecule has 110 valence electrons. The van der Waals surface area contributed by atoms with Gasteiger partial charge in [0.15, 0.2) is 5.78 Å². The molecule has 0 saturated carbocycles. The number of benzene rings is 1. The zero-order valence-corrected chi connectivity index (χ0v) is 11.9. The van der Waals surface area contributed by atoms with Crippen LogP contribution in [0.4, 0.5) is 11.4 Å². The van der Waals surface area contributed by atoms with Crippen LogP contribution in [0.25, 0.3) is 0 Å². The van der Waals surface area contributed by atoms with E-state index < -0.39 is 0 Å². The van der Waals surface area contributed by atoms with Crippen LogP contribution in [0.15, 0.2) is 18.2 Å². The summed E-state index contributed by atoms with van der Waals surface area (Å²) >= 11 is 0. The van der Waals surface area contributed by atoms with E-state index in [-0.39, 0.29) is 11.7 Å². The molecule has 0 aliphatic heterocycles. The first-order valence-electron chi connectivity index (χ1n) is 6.44. The number of nitrogens with one attached hydrogen (secondary N) is 2. The minimum absolute atomic E-state index is 0.0446. The van der Waals surface area contributed by atoms with Gasteiger partial charge in [0.25, 0.3) is 0 Å². The Morgan fingerprint density at radius 1 is 1.30 bits per heavy atom. The number of ketones is 1. The topological polar surface area (TPSA) is 93.4 Å². The second-order valence-corrected chi connectivity index (χ2v) is 4.38. The van der Waals surface area contributed by atoms with Gasteiger partial charge >= 0.3 is 0 Å². The smallest absolute Gasteiger partial charge is 0.221 e. The number of ether oxygens (including phenoxy) is 1. The van der Waals surface area contributed by atoms with Crippen LogP contribution in [-0.2, 0) is 9.53 Å². The molecule has 0 atom stereocenters. The molecule has 20 heavy (non-hydrogen) atoms. The molecule has 6 nitrogen and oxygen atoms in total. The molecule has 0 aromatic heterocycles. The molecule has 0 unspecified atom stereocenters. The summed E-state index contributed by atoms with van der Waals surface area (Å²) in [6.45, 7) is 2.96. The zero-order valence-electron chi connectivity index (χ0n) is 11.9. The molecule has 6 heteroatoms. The Hall–Kier alpha value is -2.08. The fourth-order valence-corrected chi connectivity index (χ4v) is 1.67. The van der Waals surface area contributed by atoms with E-state index in [4.69, 9.17) is 10.5 Å². The number of methoxy groups -OCH3 is 1. The number of amides is 1. The van der Waals surface area contributed by atoms with Crippen molar-refractivity contribution in [3.63, 3.8) is 0 Å². The van der Waals surface area contributed by atoms with Crippen molar-refractivity contribution in [1.29, 1.82) is 0 Å². The third-order valence-corrected chi connectivity index (χ3v) is 2.74. The molecule has 4 N–H and O–H groups in total. The predicted molar refractivity (Wildman–Crippen MR) is 78.9 cm³/mol. The molecule has 1 aromatic rings. The van der Waals surface area contributed by atoms with Crippen molar-refractivity contribution in [3.05, 3.63) is 23.8 Å². The quantitative estimate of drug-likeness (QED) is 0.375. The van der Waals surface area contributed by atoms with E-state index in [1.54, 1.807) is 25.3 Å². The highest BCUT2D eigenvalue weighted by Gasteiger charge is 2.06. The number of nitrogens with two attached hydrogens (primary N) is 1. The highest BCUT2D eigenvalue weighted by molar-refractivity contribution is 6.00. The zero-order chi connectivity index (χ0) is 15.0. The van der Waals surface area contributed by atoms with Gasteiger partial charge in [-0.15, -0.1) is 0 Å². The Morgan fingerprint density at radius 2 is 2.05 bits per heavy atom. The molecule has 1 amide bonds. The van der Waals surface area contributed by atoms with E-state index in [1.807, 2.05) is 0 Å². The largest absolute Gasteiger partial charge is 0.398 e. The molecule has 0 bridgehead atoms. The lowest BCUT2D eigenvalue weighted by atomic mass is 10.1. The average Bonchev–Trinajstić information content (AvgIpc) is 2.40. The van der Waals surface area contributed by atoms with Crippen molar-refractivity contribution in [2.45, 2.75) is 13.3 Å². The highest BCUT2D eigenvalue weighted by Crippen LogP contribution is 2.18. The lowest BCUT2D eigenvalue weighted by molar-refractivity contribution is -0.121. The number of hydrogen-bond acceptors (Lipinski definition) is 5. The number of nitrogen functional groups attached to an aromatic ring is 1. The first-order chi connectivity index (χ1) is 9.54. The number of carbonyl (C=O) groups is 2. The van der Waals surface area contributed by atoms with Gasteiger partial charge in [-0.2, -0.15) is 0 Å². The van der Waals surface area contributed by atoms with Crippen molar-refractivity contribution in [2.75, 3.05) is 37.9 Å². The predicted octanol–water partition coefficient (Wildman–Crippen LogP) is 1.04. The van der Waals surface area contributed by atoms with E-state index in [2.05, 4.69) is 10.6 Å². The van der Waals surface area contributed by atoms with Crippen molar-refractivity contribution in [1.82, 2.24) is 5.32 Å². The second-order valence-electron chi connectivity index (χ2n) is 4.38. The van der Waals surface area contributed by atoms with Crippen LogP contribution in [0.2, 0.25) is 0 Å². The van der Waals surface area contributed by atoms with E-state index >= 15 is 0 Å². The normalized spacial score (nSPS) is 10.1. The minimum Gasteiger partial charge on any atom is -0.398 e. The van der Waals surface area contributed by atoms with E-state index in [9.17, 15) is 9.59 Å². The van der Waals surface area contributed by atoms with Crippen molar-refractivity contribution in [3.8, 4) is 0 Å². The van der Waals surface area contributed by atoms with Gasteiger partial charge in [0.05, 0.1) is 6.61 Å². The Bertz CT molecular complexity index is 475. The molecular formula is C14H21N3O3. The van der Waals surface area contributed by atoms with Gasteiger partial charge in [0, 0.05) is 43.6 Å². The molecule has 0 heterocycles. The van der Waals surface area contributed by atoms with Gasteiger partial charge in [0.1, 0.15) is 0 Å². The van der Waals surface area contributed by atoms with Crippen LogP contribution in [0.3, 0.4) is 0 Å². The summed E-state index contributed by atoms with van der Waals surface area (Å²) in [6, 6.07) is 5.16. The maximum atomic E-state index is 11.5. The summed E-state index contributed by atoms with van der Waals surface area (Å²) in [5.74, 6) is -0.125. The van der Waals surface area contributed by atoms with Gasteiger partial charge in [0.2, 0.25) is 5.91 Å². The van der Waals surface area contributed by atoms with E-state index in [0.717, 1.165) is 5.69 Å². The SMILES string of the molecule is COCCNC(=O)CCNc1ccc(N)c(C(C)=O)c1. The Balaban J connectivity index is 2.40. The summed E-state index contributed by atoms with van der Waals surface area (Å²) < 4.78 is 4.84. The Morgan fingerprint density at radius 3 is 2.70 bits per heavy atom. The first-order valence-corrected chi connectivity index (χ1v) is 6.44. The number of anilines is 2. The molecule has 1 aromatic carbocycles. The molecule has 0 radical (unpaired) electrons.